The zero-order valence-corrected chi connectivity index (χ0v) is 9.58. The Morgan fingerprint density at radius 3 is 3.06 bits per heavy atom. The first-order chi connectivity index (χ1) is 8.15. The molecule has 0 aromatic heterocycles. The smallest absolute Gasteiger partial charge is 0.234 e. The van der Waals surface area contributed by atoms with E-state index < -0.39 is 0 Å². The predicted octanol–water partition coefficient (Wildman–Crippen LogP) is 0.730. The minimum Gasteiger partial charge on any atom is -0.399 e. The molecule has 0 unspecified atom stereocenters. The van der Waals surface area contributed by atoms with Gasteiger partial charge in [0.25, 0.3) is 0 Å². The summed E-state index contributed by atoms with van der Waals surface area (Å²) >= 11 is 0. The van der Waals surface area contributed by atoms with Crippen molar-refractivity contribution in [3.05, 3.63) is 29.6 Å². The zero-order valence-electron chi connectivity index (χ0n) is 9.58. The first-order valence-corrected chi connectivity index (χ1v) is 5.68. The Kier molecular flexibility index (Phi) is 3.58. The highest BCUT2D eigenvalue weighted by atomic mass is 19.1. The number of nitrogens with one attached hydrogen (secondary N) is 1. The number of nitrogens with two attached hydrogens (primary N) is 1. The van der Waals surface area contributed by atoms with Crippen molar-refractivity contribution in [2.24, 2.45) is 0 Å². The van der Waals surface area contributed by atoms with E-state index in [1.165, 1.54) is 6.07 Å². The maximum atomic E-state index is 13.6. The van der Waals surface area contributed by atoms with Crippen LogP contribution in [0.15, 0.2) is 18.2 Å². The first kappa shape index (κ1) is 11.9. The first-order valence-electron chi connectivity index (χ1n) is 5.68. The summed E-state index contributed by atoms with van der Waals surface area (Å²) in [7, 11) is 0. The number of carbonyl (C=O) groups excluding carboxylic acids is 1. The highest BCUT2D eigenvalue weighted by Gasteiger charge is 2.16. The van der Waals surface area contributed by atoms with Crippen LogP contribution in [-0.2, 0) is 11.3 Å². The molecule has 1 saturated heterocycles. The van der Waals surface area contributed by atoms with Crippen LogP contribution in [0.2, 0.25) is 0 Å². The number of nitrogen functional groups attached to an aromatic ring is 1. The highest BCUT2D eigenvalue weighted by molar-refractivity contribution is 5.78. The predicted molar refractivity (Wildman–Crippen MR) is 63.7 cm³/mol. The Balaban J connectivity index is 2.06. The molecule has 1 aliphatic heterocycles. The summed E-state index contributed by atoms with van der Waals surface area (Å²) in [5.41, 5.74) is 6.48. The molecule has 92 valence electrons. The van der Waals surface area contributed by atoms with Gasteiger partial charge in [-0.25, -0.2) is 4.39 Å². The summed E-state index contributed by atoms with van der Waals surface area (Å²) in [4.78, 5) is 13.3. The maximum absolute atomic E-state index is 13.6. The molecule has 0 saturated carbocycles. The van der Waals surface area contributed by atoms with E-state index in [0.717, 1.165) is 13.0 Å². The normalized spacial score (nSPS) is 17.6. The molecule has 1 aromatic carbocycles. The number of hydrogen-bond acceptors (Lipinski definition) is 3. The van der Waals surface area contributed by atoms with E-state index in [1.807, 2.05) is 4.90 Å². The van der Waals surface area contributed by atoms with E-state index in [4.69, 9.17) is 5.73 Å². The van der Waals surface area contributed by atoms with Crippen molar-refractivity contribution in [3.63, 3.8) is 0 Å². The second-order valence-corrected chi connectivity index (χ2v) is 4.27. The van der Waals surface area contributed by atoms with Crippen LogP contribution in [0, 0.1) is 5.82 Å². The molecule has 1 aromatic rings. The van der Waals surface area contributed by atoms with Crippen molar-refractivity contribution < 1.29 is 9.18 Å². The summed E-state index contributed by atoms with van der Waals surface area (Å²) in [6, 6.07) is 4.66. The van der Waals surface area contributed by atoms with Crippen molar-refractivity contribution in [2.45, 2.75) is 13.0 Å². The van der Waals surface area contributed by atoms with Gasteiger partial charge in [-0.2, -0.15) is 0 Å². The molecule has 5 heteroatoms. The standard InChI is InChI=1S/C12H16FN3O/c13-11-6-10(14)3-2-9(11)7-16-5-1-4-15-12(17)8-16/h2-3,6H,1,4-5,7-8,14H2,(H,15,17). The molecule has 17 heavy (non-hydrogen) atoms. The molecule has 1 amide bonds. The Morgan fingerprint density at radius 2 is 2.29 bits per heavy atom. The van der Waals surface area contributed by atoms with Gasteiger partial charge in [-0.1, -0.05) is 6.07 Å². The van der Waals surface area contributed by atoms with E-state index >= 15 is 0 Å². The van der Waals surface area contributed by atoms with Crippen LogP contribution in [0.1, 0.15) is 12.0 Å². The zero-order chi connectivity index (χ0) is 12.3. The van der Waals surface area contributed by atoms with Gasteiger partial charge in [-0.15, -0.1) is 0 Å². The summed E-state index contributed by atoms with van der Waals surface area (Å²) in [6.45, 7) is 2.26. The molecular weight excluding hydrogens is 221 g/mol. The molecule has 1 heterocycles. The minimum absolute atomic E-state index is 0.00152. The summed E-state index contributed by atoms with van der Waals surface area (Å²) < 4.78 is 13.6. The van der Waals surface area contributed by atoms with Crippen LogP contribution in [0.4, 0.5) is 10.1 Å². The van der Waals surface area contributed by atoms with Crippen LogP contribution >= 0.6 is 0 Å². The Bertz CT molecular complexity index is 422. The van der Waals surface area contributed by atoms with Gasteiger partial charge in [-0.3, -0.25) is 9.69 Å². The van der Waals surface area contributed by atoms with Crippen molar-refractivity contribution in [1.29, 1.82) is 0 Å². The average Bonchev–Trinajstić information content (AvgIpc) is 2.47. The summed E-state index contributed by atoms with van der Waals surface area (Å²) in [6.07, 6.45) is 0.891. The summed E-state index contributed by atoms with van der Waals surface area (Å²) in [5, 5.41) is 2.79. The lowest BCUT2D eigenvalue weighted by Crippen LogP contribution is -2.32. The highest BCUT2D eigenvalue weighted by Crippen LogP contribution is 2.14. The minimum atomic E-state index is -0.311. The number of hydrogen-bond donors (Lipinski definition) is 2. The van der Waals surface area contributed by atoms with Crippen molar-refractivity contribution in [3.8, 4) is 0 Å². The van der Waals surface area contributed by atoms with Crippen LogP contribution in [0.5, 0.6) is 0 Å². The fourth-order valence-electron chi connectivity index (χ4n) is 1.94. The Labute approximate surface area is 99.6 Å². The fourth-order valence-corrected chi connectivity index (χ4v) is 1.94. The van der Waals surface area contributed by atoms with Crippen LogP contribution in [0.3, 0.4) is 0 Å². The Morgan fingerprint density at radius 1 is 1.47 bits per heavy atom. The van der Waals surface area contributed by atoms with Crippen LogP contribution < -0.4 is 11.1 Å². The molecular formula is C12H16FN3O. The van der Waals surface area contributed by atoms with Gasteiger partial charge in [-0.05, 0) is 18.6 Å². The van der Waals surface area contributed by atoms with Gasteiger partial charge >= 0.3 is 0 Å². The van der Waals surface area contributed by atoms with Gasteiger partial charge in [0.2, 0.25) is 5.91 Å². The third-order valence-electron chi connectivity index (χ3n) is 2.81. The van der Waals surface area contributed by atoms with Crippen molar-refractivity contribution in [2.75, 3.05) is 25.4 Å². The number of nitrogens with zero attached hydrogens (tertiary/aromatic N) is 1. The molecule has 1 fully saturated rings. The number of halogens is 1. The molecule has 3 N–H and O–H groups in total. The molecule has 0 atom stereocenters. The Hall–Kier alpha value is -1.62. The molecule has 1 aliphatic rings. The lowest BCUT2D eigenvalue weighted by atomic mass is 10.1. The van der Waals surface area contributed by atoms with Crippen LogP contribution in [-0.4, -0.2) is 30.4 Å². The third kappa shape index (κ3) is 3.17. The second-order valence-electron chi connectivity index (χ2n) is 4.27. The van der Waals surface area contributed by atoms with Crippen molar-refractivity contribution in [1.82, 2.24) is 10.2 Å². The maximum Gasteiger partial charge on any atom is 0.234 e. The molecule has 0 bridgehead atoms. The van der Waals surface area contributed by atoms with Gasteiger partial charge in [0.1, 0.15) is 5.82 Å². The molecule has 0 aliphatic carbocycles. The molecule has 0 radical (unpaired) electrons. The van der Waals surface area contributed by atoms with E-state index in [-0.39, 0.29) is 11.7 Å². The number of carbonyl (C=O) groups is 1. The van der Waals surface area contributed by atoms with Gasteiger partial charge in [0.05, 0.1) is 6.54 Å². The van der Waals surface area contributed by atoms with Gasteiger partial charge < -0.3 is 11.1 Å². The van der Waals surface area contributed by atoms with Gasteiger partial charge in [0.15, 0.2) is 0 Å². The van der Waals surface area contributed by atoms with Crippen molar-refractivity contribution >= 4 is 11.6 Å². The SMILES string of the molecule is Nc1ccc(CN2CCCNC(=O)C2)c(F)c1. The molecule has 4 nitrogen and oxygen atoms in total. The monoisotopic (exact) mass is 237 g/mol. The lowest BCUT2D eigenvalue weighted by Gasteiger charge is -2.18. The van der Waals surface area contributed by atoms with Gasteiger partial charge in [0, 0.05) is 30.9 Å². The van der Waals surface area contributed by atoms with E-state index in [1.54, 1.807) is 12.1 Å². The summed E-state index contributed by atoms with van der Waals surface area (Å²) in [5.74, 6) is -0.312. The largest absolute Gasteiger partial charge is 0.399 e. The number of rotatable bonds is 2. The quantitative estimate of drug-likeness (QED) is 0.745. The fraction of sp³-hybridized carbons (Fsp3) is 0.417. The molecule has 2 rings (SSSR count). The van der Waals surface area contributed by atoms with E-state index in [2.05, 4.69) is 5.32 Å². The third-order valence-corrected chi connectivity index (χ3v) is 2.81. The number of amides is 1. The van der Waals surface area contributed by atoms with E-state index in [0.29, 0.717) is 30.9 Å². The second kappa shape index (κ2) is 5.14. The van der Waals surface area contributed by atoms with E-state index in [9.17, 15) is 9.18 Å². The lowest BCUT2D eigenvalue weighted by molar-refractivity contribution is -0.121. The topological polar surface area (TPSA) is 58.4 Å². The van der Waals surface area contributed by atoms with Crippen LogP contribution in [0.25, 0.3) is 0 Å². The number of anilines is 1. The molecule has 0 spiro atoms. The average molecular weight is 237 g/mol. The number of benzene rings is 1.